The van der Waals surface area contributed by atoms with Crippen LogP contribution in [0.5, 0.6) is 0 Å². The van der Waals surface area contributed by atoms with E-state index in [1.807, 2.05) is 0 Å². The number of carboxylic acid groups (broad SMARTS) is 1. The van der Waals surface area contributed by atoms with Crippen LogP contribution < -0.4 is 5.32 Å². The number of amides is 1. The van der Waals surface area contributed by atoms with Gasteiger partial charge < -0.3 is 15.2 Å². The molecule has 0 fully saturated rings. The highest BCUT2D eigenvalue weighted by molar-refractivity contribution is 7.16. The first-order valence-corrected chi connectivity index (χ1v) is 7.99. The number of aromatic carboxylic acids is 1. The summed E-state index contributed by atoms with van der Waals surface area (Å²) >= 11 is 0.997. The summed E-state index contributed by atoms with van der Waals surface area (Å²) < 4.78 is 5.22. The molecule has 0 aliphatic carbocycles. The van der Waals surface area contributed by atoms with Crippen molar-refractivity contribution in [2.45, 2.75) is 39.3 Å². The van der Waals surface area contributed by atoms with Crippen molar-refractivity contribution in [2.24, 2.45) is 0 Å². The van der Waals surface area contributed by atoms with Crippen LogP contribution in [0.25, 0.3) is 10.7 Å². The second-order valence-corrected chi connectivity index (χ2v) is 7.02. The Morgan fingerprint density at radius 1 is 1.25 bits per heavy atom. The molecule has 2 aromatic heterocycles. The third-order valence-electron chi connectivity index (χ3n) is 2.79. The van der Waals surface area contributed by atoms with E-state index in [1.54, 1.807) is 27.7 Å². The van der Waals surface area contributed by atoms with Crippen molar-refractivity contribution in [3.63, 3.8) is 0 Å². The molecule has 0 bridgehead atoms. The highest BCUT2D eigenvalue weighted by Gasteiger charge is 2.22. The number of ether oxygens (including phenoxy) is 1. The molecule has 0 aliphatic heterocycles. The Kier molecular flexibility index (Phi) is 5.13. The van der Waals surface area contributed by atoms with Gasteiger partial charge in [-0.05, 0) is 27.7 Å². The zero-order valence-electron chi connectivity index (χ0n) is 13.7. The highest BCUT2D eigenvalue weighted by atomic mass is 32.1. The second-order valence-electron chi connectivity index (χ2n) is 5.99. The maximum atomic E-state index is 11.9. The predicted octanol–water partition coefficient (Wildman–Crippen LogP) is 2.88. The normalized spacial score (nSPS) is 12.5. The maximum absolute atomic E-state index is 11.9. The first kappa shape index (κ1) is 17.8. The molecule has 2 aromatic rings. The summed E-state index contributed by atoms with van der Waals surface area (Å²) in [5.41, 5.74) is 0.300. The lowest BCUT2D eigenvalue weighted by atomic mass is 10.2. The van der Waals surface area contributed by atoms with E-state index in [-0.39, 0.29) is 4.88 Å². The number of alkyl carbamates (subject to hydrolysis) is 1. The van der Waals surface area contributed by atoms with Crippen molar-refractivity contribution < 1.29 is 19.4 Å². The van der Waals surface area contributed by atoms with Crippen LogP contribution in [0.15, 0.2) is 18.6 Å². The molecule has 128 valence electrons. The molecule has 2 N–H and O–H groups in total. The van der Waals surface area contributed by atoms with Gasteiger partial charge in [0.15, 0.2) is 0 Å². The minimum absolute atomic E-state index is 0.106. The van der Waals surface area contributed by atoms with Crippen molar-refractivity contribution in [3.05, 3.63) is 29.2 Å². The Labute approximate surface area is 142 Å². The van der Waals surface area contributed by atoms with Gasteiger partial charge in [-0.15, -0.1) is 11.3 Å². The molecule has 8 nitrogen and oxygen atoms in total. The zero-order valence-corrected chi connectivity index (χ0v) is 14.5. The molecule has 9 heteroatoms. The third kappa shape index (κ3) is 4.48. The fourth-order valence-corrected chi connectivity index (χ4v) is 2.63. The molecule has 2 heterocycles. The average molecular weight is 350 g/mol. The van der Waals surface area contributed by atoms with Crippen molar-refractivity contribution in [2.75, 3.05) is 0 Å². The first-order chi connectivity index (χ1) is 11.2. The molecule has 0 aliphatic rings. The first-order valence-electron chi connectivity index (χ1n) is 7.17. The van der Waals surface area contributed by atoms with Crippen LogP contribution in [0.4, 0.5) is 4.79 Å². The third-order valence-corrected chi connectivity index (χ3v) is 3.78. The molecule has 1 unspecified atom stereocenters. The number of carbonyl (C=O) groups excluding carboxylic acids is 1. The molecule has 1 atom stereocenters. The fraction of sp³-hybridized carbons (Fsp3) is 0.400. The van der Waals surface area contributed by atoms with E-state index in [0.29, 0.717) is 16.4 Å². The number of carboxylic acids is 1. The minimum atomic E-state index is -1.05. The van der Waals surface area contributed by atoms with Gasteiger partial charge in [-0.1, -0.05) is 0 Å². The predicted molar refractivity (Wildman–Crippen MR) is 87.9 cm³/mol. The summed E-state index contributed by atoms with van der Waals surface area (Å²) in [6.07, 6.45) is 3.68. The van der Waals surface area contributed by atoms with E-state index in [9.17, 15) is 9.59 Å². The number of hydrogen-bond acceptors (Lipinski definition) is 7. The second kappa shape index (κ2) is 6.91. The van der Waals surface area contributed by atoms with Crippen LogP contribution in [0, 0.1) is 0 Å². The summed E-state index contributed by atoms with van der Waals surface area (Å²) in [5, 5.41) is 12.1. The van der Waals surface area contributed by atoms with Gasteiger partial charge in [0.25, 0.3) is 0 Å². The molecule has 0 aromatic carbocycles. The number of nitrogens with one attached hydrogen (secondary N) is 1. The van der Waals surface area contributed by atoms with Crippen molar-refractivity contribution in [1.82, 2.24) is 20.3 Å². The van der Waals surface area contributed by atoms with Gasteiger partial charge in [0, 0.05) is 12.4 Å². The van der Waals surface area contributed by atoms with Crippen LogP contribution in [0.1, 0.15) is 49.1 Å². The lowest BCUT2D eigenvalue weighted by molar-refractivity contribution is 0.0506. The summed E-state index contributed by atoms with van der Waals surface area (Å²) in [6, 6.07) is -0.485. The quantitative estimate of drug-likeness (QED) is 0.871. The molecule has 0 saturated heterocycles. The van der Waals surface area contributed by atoms with Crippen molar-refractivity contribution >= 4 is 23.4 Å². The van der Waals surface area contributed by atoms with Crippen LogP contribution >= 0.6 is 11.3 Å². The Morgan fingerprint density at radius 2 is 1.92 bits per heavy atom. The van der Waals surface area contributed by atoms with E-state index in [2.05, 4.69) is 20.3 Å². The van der Waals surface area contributed by atoms with Gasteiger partial charge >= 0.3 is 12.1 Å². The number of rotatable bonds is 4. The largest absolute Gasteiger partial charge is 0.477 e. The molecule has 1 amide bonds. The van der Waals surface area contributed by atoms with Gasteiger partial charge in [0.2, 0.25) is 0 Å². The van der Waals surface area contributed by atoms with Crippen LogP contribution in [-0.4, -0.2) is 37.7 Å². The number of hydrogen-bond donors (Lipinski definition) is 2. The number of nitrogens with zero attached hydrogens (tertiary/aromatic N) is 3. The van der Waals surface area contributed by atoms with Crippen LogP contribution in [0.3, 0.4) is 0 Å². The molecule has 24 heavy (non-hydrogen) atoms. The number of carbonyl (C=O) groups is 2. The van der Waals surface area contributed by atoms with Gasteiger partial charge in [-0.2, -0.15) is 0 Å². The zero-order chi connectivity index (χ0) is 17.9. The van der Waals surface area contributed by atoms with E-state index in [4.69, 9.17) is 9.84 Å². The average Bonchev–Trinajstić information content (AvgIpc) is 2.95. The standard InChI is InChI=1S/C15H18N4O4S/c1-8(19-14(22)23-15(2,3)4)10-11(17-6-5-16-10)12-18-7-9(24-12)13(20)21/h5-8H,1-4H3,(H,19,22)(H,20,21). The maximum Gasteiger partial charge on any atom is 0.408 e. The van der Waals surface area contributed by atoms with Crippen LogP contribution in [-0.2, 0) is 4.74 Å². The van der Waals surface area contributed by atoms with Gasteiger partial charge in [0.1, 0.15) is 21.2 Å². The summed E-state index contributed by atoms with van der Waals surface area (Å²) in [5.74, 6) is -1.05. The summed E-state index contributed by atoms with van der Waals surface area (Å²) in [4.78, 5) is 35.6. The van der Waals surface area contributed by atoms with E-state index in [1.165, 1.54) is 18.6 Å². The molecular formula is C15H18N4O4S. The van der Waals surface area contributed by atoms with Crippen LogP contribution in [0.2, 0.25) is 0 Å². The number of aromatic nitrogens is 3. The fourth-order valence-electron chi connectivity index (χ4n) is 1.87. The molecule has 0 saturated carbocycles. The van der Waals surface area contributed by atoms with Crippen molar-refractivity contribution in [3.8, 4) is 10.7 Å². The smallest absolute Gasteiger partial charge is 0.408 e. The Bertz CT molecular complexity index is 754. The Balaban J connectivity index is 2.24. The van der Waals surface area contributed by atoms with E-state index >= 15 is 0 Å². The van der Waals surface area contributed by atoms with E-state index < -0.39 is 23.7 Å². The van der Waals surface area contributed by atoms with Gasteiger partial charge in [-0.3, -0.25) is 9.97 Å². The van der Waals surface area contributed by atoms with Crippen molar-refractivity contribution in [1.29, 1.82) is 0 Å². The molecular weight excluding hydrogens is 332 g/mol. The van der Waals surface area contributed by atoms with E-state index in [0.717, 1.165) is 11.3 Å². The van der Waals surface area contributed by atoms with Gasteiger partial charge in [0.05, 0.1) is 17.9 Å². The summed E-state index contributed by atoms with van der Waals surface area (Å²) in [6.45, 7) is 7.05. The Morgan fingerprint density at radius 3 is 2.50 bits per heavy atom. The highest BCUT2D eigenvalue weighted by Crippen LogP contribution is 2.28. The Hall–Kier alpha value is -2.55. The SMILES string of the molecule is CC(NC(=O)OC(C)(C)C)c1nccnc1-c1ncc(C(=O)O)s1. The topological polar surface area (TPSA) is 114 Å². The lowest BCUT2D eigenvalue weighted by Gasteiger charge is -2.22. The molecule has 0 spiro atoms. The molecule has 0 radical (unpaired) electrons. The number of thiazole rings is 1. The molecule has 2 rings (SSSR count). The minimum Gasteiger partial charge on any atom is -0.477 e. The lowest BCUT2D eigenvalue weighted by Crippen LogP contribution is -2.34. The summed E-state index contributed by atoms with van der Waals surface area (Å²) in [7, 11) is 0. The van der Waals surface area contributed by atoms with Gasteiger partial charge in [-0.25, -0.2) is 14.6 Å². The monoisotopic (exact) mass is 350 g/mol.